The number of carboxylic acid groups (broad SMARTS) is 1. The summed E-state index contributed by atoms with van der Waals surface area (Å²) >= 11 is 0. The molecule has 5 nitrogen and oxygen atoms in total. The summed E-state index contributed by atoms with van der Waals surface area (Å²) in [5, 5.41) is 8.67. The van der Waals surface area contributed by atoms with Crippen molar-refractivity contribution in [1.82, 2.24) is 9.80 Å². The average Bonchev–Trinajstić information content (AvgIpc) is 2.11. The van der Waals surface area contributed by atoms with Crippen molar-refractivity contribution in [2.75, 3.05) is 33.2 Å². The minimum Gasteiger partial charge on any atom is -0.480 e. The molecule has 82 valence electrons. The molecule has 0 aromatic carbocycles. The van der Waals surface area contributed by atoms with Crippen molar-refractivity contribution >= 4 is 5.97 Å². The van der Waals surface area contributed by atoms with Crippen LogP contribution in [0.15, 0.2) is 0 Å². The first-order valence-corrected chi connectivity index (χ1v) is 4.91. The topological polar surface area (TPSA) is 69.8 Å². The Bertz CT molecular complexity index is 210. The highest BCUT2D eigenvalue weighted by atomic mass is 16.4. The van der Waals surface area contributed by atoms with Crippen molar-refractivity contribution in [3.8, 4) is 0 Å². The van der Waals surface area contributed by atoms with E-state index in [1.165, 1.54) is 0 Å². The third-order valence-electron chi connectivity index (χ3n) is 2.82. The van der Waals surface area contributed by atoms with E-state index in [0.717, 1.165) is 19.6 Å². The maximum absolute atomic E-state index is 10.6. The van der Waals surface area contributed by atoms with E-state index in [1.807, 2.05) is 0 Å². The number of hydrogen-bond donors (Lipinski definition) is 2. The Morgan fingerprint density at radius 3 is 2.79 bits per heavy atom. The van der Waals surface area contributed by atoms with Crippen LogP contribution in [-0.2, 0) is 4.79 Å². The van der Waals surface area contributed by atoms with Crippen LogP contribution in [0.1, 0.15) is 6.92 Å². The molecule has 0 aromatic rings. The molecule has 1 heterocycles. The summed E-state index contributed by atoms with van der Waals surface area (Å²) in [5.74, 6) is -0.920. The molecule has 0 aromatic heterocycles. The van der Waals surface area contributed by atoms with Crippen LogP contribution in [0.2, 0.25) is 0 Å². The van der Waals surface area contributed by atoms with Gasteiger partial charge in [-0.25, -0.2) is 0 Å². The zero-order chi connectivity index (χ0) is 10.7. The van der Waals surface area contributed by atoms with Gasteiger partial charge in [0.25, 0.3) is 0 Å². The van der Waals surface area contributed by atoms with Gasteiger partial charge in [-0.3, -0.25) is 9.69 Å². The molecule has 0 aliphatic carbocycles. The first kappa shape index (κ1) is 11.4. The number of carboxylic acids is 1. The van der Waals surface area contributed by atoms with Crippen LogP contribution in [0.5, 0.6) is 0 Å². The van der Waals surface area contributed by atoms with Crippen molar-refractivity contribution in [2.24, 2.45) is 5.73 Å². The van der Waals surface area contributed by atoms with Crippen LogP contribution in [0, 0.1) is 0 Å². The molecule has 14 heavy (non-hydrogen) atoms. The number of carbonyl (C=O) groups is 1. The van der Waals surface area contributed by atoms with Gasteiger partial charge in [-0.15, -0.1) is 0 Å². The number of nitrogens with zero attached hydrogens (tertiary/aromatic N) is 2. The molecule has 3 N–H and O–H groups in total. The maximum Gasteiger partial charge on any atom is 0.321 e. The fourth-order valence-electron chi connectivity index (χ4n) is 1.65. The third-order valence-corrected chi connectivity index (χ3v) is 2.82. The van der Waals surface area contributed by atoms with E-state index in [-0.39, 0.29) is 0 Å². The SMILES string of the molecule is CC1CN(CC(N)C(=O)O)CCN1C. The van der Waals surface area contributed by atoms with Gasteiger partial charge in [0.15, 0.2) is 0 Å². The molecule has 1 aliphatic rings. The van der Waals surface area contributed by atoms with E-state index in [4.69, 9.17) is 10.8 Å². The first-order chi connectivity index (χ1) is 6.50. The van der Waals surface area contributed by atoms with Crippen LogP contribution in [0.4, 0.5) is 0 Å². The summed E-state index contributed by atoms with van der Waals surface area (Å²) in [6.45, 7) is 5.37. The third kappa shape index (κ3) is 2.94. The zero-order valence-electron chi connectivity index (χ0n) is 8.81. The van der Waals surface area contributed by atoms with Crippen molar-refractivity contribution in [3.05, 3.63) is 0 Å². The van der Waals surface area contributed by atoms with Gasteiger partial charge < -0.3 is 15.7 Å². The molecule has 2 unspecified atom stereocenters. The van der Waals surface area contributed by atoms with Gasteiger partial charge in [-0.1, -0.05) is 0 Å². The van der Waals surface area contributed by atoms with E-state index in [1.54, 1.807) is 0 Å². The van der Waals surface area contributed by atoms with Gasteiger partial charge in [-0.2, -0.15) is 0 Å². The van der Waals surface area contributed by atoms with Gasteiger partial charge in [0.1, 0.15) is 6.04 Å². The lowest BCUT2D eigenvalue weighted by atomic mass is 10.2. The Kier molecular flexibility index (Phi) is 3.86. The summed E-state index contributed by atoms with van der Waals surface area (Å²) in [6.07, 6.45) is 0. The van der Waals surface area contributed by atoms with Gasteiger partial charge in [-0.05, 0) is 14.0 Å². The summed E-state index contributed by atoms with van der Waals surface area (Å²) in [7, 11) is 2.08. The van der Waals surface area contributed by atoms with E-state index in [0.29, 0.717) is 12.6 Å². The van der Waals surface area contributed by atoms with E-state index >= 15 is 0 Å². The van der Waals surface area contributed by atoms with Crippen molar-refractivity contribution < 1.29 is 9.90 Å². The Hall–Kier alpha value is -0.650. The maximum atomic E-state index is 10.6. The average molecular weight is 201 g/mol. The number of hydrogen-bond acceptors (Lipinski definition) is 4. The molecule has 1 aliphatic heterocycles. The largest absolute Gasteiger partial charge is 0.480 e. The van der Waals surface area contributed by atoms with Crippen LogP contribution in [-0.4, -0.2) is 66.2 Å². The molecule has 0 saturated carbocycles. The minimum absolute atomic E-state index is 0.452. The molecule has 0 bridgehead atoms. The molecule has 0 radical (unpaired) electrons. The van der Waals surface area contributed by atoms with Crippen molar-refractivity contribution in [2.45, 2.75) is 19.0 Å². The second kappa shape index (κ2) is 4.72. The van der Waals surface area contributed by atoms with Crippen LogP contribution < -0.4 is 5.73 Å². The molecule has 0 spiro atoms. The van der Waals surface area contributed by atoms with Crippen molar-refractivity contribution in [3.63, 3.8) is 0 Å². The highest BCUT2D eigenvalue weighted by Gasteiger charge is 2.23. The Balaban J connectivity index is 2.36. The Morgan fingerprint density at radius 1 is 1.64 bits per heavy atom. The second-order valence-corrected chi connectivity index (χ2v) is 4.03. The van der Waals surface area contributed by atoms with Crippen LogP contribution in [0.3, 0.4) is 0 Å². The zero-order valence-corrected chi connectivity index (χ0v) is 8.81. The summed E-state index contributed by atoms with van der Waals surface area (Å²) in [5.41, 5.74) is 5.47. The second-order valence-electron chi connectivity index (χ2n) is 4.03. The predicted octanol–water partition coefficient (Wildman–Crippen LogP) is -0.966. The highest BCUT2D eigenvalue weighted by Crippen LogP contribution is 2.06. The molecule has 1 rings (SSSR count). The number of aliphatic carboxylic acids is 1. The van der Waals surface area contributed by atoms with E-state index in [2.05, 4.69) is 23.8 Å². The van der Waals surface area contributed by atoms with Crippen molar-refractivity contribution in [1.29, 1.82) is 0 Å². The molecule has 0 amide bonds. The summed E-state index contributed by atoms with van der Waals surface area (Å²) < 4.78 is 0. The fraction of sp³-hybridized carbons (Fsp3) is 0.889. The number of likely N-dealkylation sites (N-methyl/N-ethyl adjacent to an activating group) is 1. The molecule has 2 atom stereocenters. The highest BCUT2D eigenvalue weighted by molar-refractivity contribution is 5.73. The van der Waals surface area contributed by atoms with E-state index in [9.17, 15) is 4.79 Å². The quantitative estimate of drug-likeness (QED) is 0.615. The smallest absolute Gasteiger partial charge is 0.321 e. The fourth-order valence-corrected chi connectivity index (χ4v) is 1.65. The lowest BCUT2D eigenvalue weighted by molar-refractivity contribution is -0.139. The number of nitrogens with two attached hydrogens (primary N) is 1. The molecular weight excluding hydrogens is 182 g/mol. The Morgan fingerprint density at radius 2 is 2.29 bits per heavy atom. The molecule has 1 saturated heterocycles. The normalized spacial score (nSPS) is 27.5. The van der Waals surface area contributed by atoms with Crippen LogP contribution in [0.25, 0.3) is 0 Å². The van der Waals surface area contributed by atoms with Gasteiger partial charge in [0.2, 0.25) is 0 Å². The monoisotopic (exact) mass is 201 g/mol. The van der Waals surface area contributed by atoms with Crippen LogP contribution >= 0.6 is 0 Å². The minimum atomic E-state index is -0.920. The Labute approximate surface area is 84.5 Å². The lowest BCUT2D eigenvalue weighted by Gasteiger charge is -2.38. The number of piperazine rings is 1. The van der Waals surface area contributed by atoms with Gasteiger partial charge >= 0.3 is 5.97 Å². The summed E-state index contributed by atoms with van der Waals surface area (Å²) in [6, 6.07) is -0.282. The standard InChI is InChI=1S/C9H19N3O2/c1-7-5-12(4-3-11(7)2)6-8(10)9(13)14/h7-8H,3-6,10H2,1-2H3,(H,13,14). The molecule has 1 fully saturated rings. The van der Waals surface area contributed by atoms with E-state index < -0.39 is 12.0 Å². The first-order valence-electron chi connectivity index (χ1n) is 4.91. The molecule has 5 heteroatoms. The summed E-state index contributed by atoms with van der Waals surface area (Å²) in [4.78, 5) is 14.9. The molecular formula is C9H19N3O2. The van der Waals surface area contributed by atoms with Gasteiger partial charge in [0.05, 0.1) is 0 Å². The predicted molar refractivity (Wildman–Crippen MR) is 54.1 cm³/mol. The van der Waals surface area contributed by atoms with Gasteiger partial charge in [0, 0.05) is 32.2 Å². The lowest BCUT2D eigenvalue weighted by Crippen LogP contribution is -2.54. The number of rotatable bonds is 3.